The predicted molar refractivity (Wildman–Crippen MR) is 68.6 cm³/mol. The molecule has 1 aliphatic rings. The Hall–Kier alpha value is -1.13. The van der Waals surface area contributed by atoms with Crippen molar-refractivity contribution in [2.45, 2.75) is 24.8 Å². The van der Waals surface area contributed by atoms with Crippen LogP contribution in [0.4, 0.5) is 4.39 Å². The Kier molecular flexibility index (Phi) is 3.34. The summed E-state index contributed by atoms with van der Waals surface area (Å²) >= 11 is 0. The lowest BCUT2D eigenvalue weighted by Gasteiger charge is -2.52. The number of rotatable bonds is 4. The highest BCUT2D eigenvalue weighted by Crippen LogP contribution is 2.42. The Morgan fingerprint density at radius 1 is 1.39 bits per heavy atom. The number of benzene rings is 1. The van der Waals surface area contributed by atoms with Crippen molar-refractivity contribution in [1.29, 1.82) is 0 Å². The van der Waals surface area contributed by atoms with Crippen LogP contribution >= 0.6 is 0 Å². The highest BCUT2D eigenvalue weighted by atomic mass is 19.1. The molecule has 1 N–H and O–H groups in total. The van der Waals surface area contributed by atoms with E-state index in [1.165, 1.54) is 7.11 Å². The van der Waals surface area contributed by atoms with E-state index in [-0.39, 0.29) is 22.5 Å². The fourth-order valence-electron chi connectivity index (χ4n) is 2.40. The molecule has 100 valence electrons. The van der Waals surface area contributed by atoms with Crippen molar-refractivity contribution in [2.75, 3.05) is 27.4 Å². The second-order valence-corrected chi connectivity index (χ2v) is 5.30. The van der Waals surface area contributed by atoms with Gasteiger partial charge in [-0.15, -0.1) is 0 Å². The Morgan fingerprint density at radius 2 is 2.06 bits per heavy atom. The summed E-state index contributed by atoms with van der Waals surface area (Å²) < 4.78 is 24.2. The van der Waals surface area contributed by atoms with Gasteiger partial charge in [0.2, 0.25) is 0 Å². The Bertz CT molecular complexity index is 441. The maximum absolute atomic E-state index is 13.8. The van der Waals surface area contributed by atoms with Gasteiger partial charge in [0.1, 0.15) is 0 Å². The van der Waals surface area contributed by atoms with E-state index in [0.29, 0.717) is 13.2 Å². The molecule has 1 aliphatic heterocycles. The Morgan fingerprint density at radius 3 is 2.44 bits per heavy atom. The van der Waals surface area contributed by atoms with Crippen LogP contribution in [-0.2, 0) is 10.2 Å². The molecule has 3 nitrogen and oxygen atoms in total. The summed E-state index contributed by atoms with van der Waals surface area (Å²) in [6, 6.07) is 5.15. The average Bonchev–Trinajstić information content (AvgIpc) is 2.27. The number of likely N-dealkylation sites (N-methyl/N-ethyl adjacent to an activating group) is 1. The average molecular weight is 253 g/mol. The van der Waals surface area contributed by atoms with Crippen LogP contribution in [0.5, 0.6) is 5.75 Å². The smallest absolute Gasteiger partial charge is 0.165 e. The summed E-state index contributed by atoms with van der Waals surface area (Å²) in [6.45, 7) is 5.43. The summed E-state index contributed by atoms with van der Waals surface area (Å²) in [5, 5.41) is 3.30. The topological polar surface area (TPSA) is 30.5 Å². The molecule has 0 radical (unpaired) electrons. The van der Waals surface area contributed by atoms with Gasteiger partial charge in [-0.1, -0.05) is 6.07 Å². The molecule has 2 rings (SSSR count). The van der Waals surface area contributed by atoms with Gasteiger partial charge < -0.3 is 14.8 Å². The number of nitrogens with one attached hydrogen (secondary N) is 1. The molecule has 4 heteroatoms. The minimum atomic E-state index is -0.326. The molecular formula is C14H20FNO2. The van der Waals surface area contributed by atoms with Gasteiger partial charge in [-0.3, -0.25) is 0 Å². The molecule has 1 aromatic rings. The molecule has 1 fully saturated rings. The minimum absolute atomic E-state index is 0.160. The van der Waals surface area contributed by atoms with Crippen LogP contribution in [-0.4, -0.2) is 32.9 Å². The van der Waals surface area contributed by atoms with Crippen molar-refractivity contribution < 1.29 is 13.9 Å². The summed E-state index contributed by atoms with van der Waals surface area (Å²) in [5.74, 6) is -0.0513. The van der Waals surface area contributed by atoms with Crippen molar-refractivity contribution in [3.63, 3.8) is 0 Å². The SMILES string of the molecule is CNC(C)(C)C1(c2ccc(OC)c(F)c2)COC1. The van der Waals surface area contributed by atoms with Crippen LogP contribution < -0.4 is 10.1 Å². The highest BCUT2D eigenvalue weighted by molar-refractivity contribution is 5.38. The van der Waals surface area contributed by atoms with Gasteiger partial charge in [0.15, 0.2) is 11.6 Å². The summed E-state index contributed by atoms with van der Waals surface area (Å²) in [6.07, 6.45) is 0. The van der Waals surface area contributed by atoms with E-state index in [1.807, 2.05) is 13.1 Å². The van der Waals surface area contributed by atoms with E-state index < -0.39 is 0 Å². The van der Waals surface area contributed by atoms with Crippen LogP contribution in [0, 0.1) is 5.82 Å². The number of halogens is 1. The quantitative estimate of drug-likeness (QED) is 0.891. The van der Waals surface area contributed by atoms with Crippen LogP contribution in [0.2, 0.25) is 0 Å². The standard InChI is InChI=1S/C14H20FNO2/c1-13(2,16-3)14(8-18-9-14)10-5-6-12(17-4)11(15)7-10/h5-7,16H,8-9H2,1-4H3. The van der Waals surface area contributed by atoms with Crippen LogP contribution in [0.15, 0.2) is 18.2 Å². The van der Waals surface area contributed by atoms with Gasteiger partial charge in [0.25, 0.3) is 0 Å². The molecule has 0 amide bonds. The summed E-state index contributed by atoms with van der Waals surface area (Å²) in [4.78, 5) is 0. The first kappa shape index (κ1) is 13.3. The van der Waals surface area contributed by atoms with Gasteiger partial charge >= 0.3 is 0 Å². The fourth-order valence-corrected chi connectivity index (χ4v) is 2.40. The van der Waals surface area contributed by atoms with Crippen molar-refractivity contribution in [1.82, 2.24) is 5.32 Å². The molecule has 0 aromatic heterocycles. The molecule has 0 bridgehead atoms. The third kappa shape index (κ3) is 1.80. The molecular weight excluding hydrogens is 233 g/mol. The van der Waals surface area contributed by atoms with Crippen molar-refractivity contribution in [3.8, 4) is 5.75 Å². The van der Waals surface area contributed by atoms with Crippen LogP contribution in [0.25, 0.3) is 0 Å². The third-order valence-electron chi connectivity index (χ3n) is 4.22. The molecule has 1 heterocycles. The summed E-state index contributed by atoms with van der Waals surface area (Å²) in [7, 11) is 3.39. The number of hydrogen-bond donors (Lipinski definition) is 1. The maximum Gasteiger partial charge on any atom is 0.165 e. The lowest BCUT2D eigenvalue weighted by Crippen LogP contribution is -2.65. The normalized spacial score (nSPS) is 18.3. The van der Waals surface area contributed by atoms with Gasteiger partial charge in [-0.25, -0.2) is 4.39 Å². The largest absolute Gasteiger partial charge is 0.494 e. The zero-order valence-corrected chi connectivity index (χ0v) is 11.3. The molecule has 1 saturated heterocycles. The van der Waals surface area contributed by atoms with E-state index in [1.54, 1.807) is 12.1 Å². The maximum atomic E-state index is 13.8. The minimum Gasteiger partial charge on any atom is -0.494 e. The summed E-state index contributed by atoms with van der Waals surface area (Å²) in [5.41, 5.74) is 0.604. The zero-order chi connectivity index (χ0) is 13.4. The zero-order valence-electron chi connectivity index (χ0n) is 11.3. The fraction of sp³-hybridized carbons (Fsp3) is 0.571. The van der Waals surface area contributed by atoms with Gasteiger partial charge in [0.05, 0.1) is 25.7 Å². The van der Waals surface area contributed by atoms with E-state index >= 15 is 0 Å². The van der Waals surface area contributed by atoms with E-state index in [9.17, 15) is 4.39 Å². The second-order valence-electron chi connectivity index (χ2n) is 5.30. The molecule has 0 spiro atoms. The number of methoxy groups -OCH3 is 1. The third-order valence-corrected chi connectivity index (χ3v) is 4.22. The van der Waals surface area contributed by atoms with E-state index in [4.69, 9.17) is 9.47 Å². The van der Waals surface area contributed by atoms with Crippen LogP contribution in [0.3, 0.4) is 0 Å². The first-order chi connectivity index (χ1) is 8.47. The molecule has 1 aromatic carbocycles. The van der Waals surface area contributed by atoms with E-state index in [2.05, 4.69) is 19.2 Å². The van der Waals surface area contributed by atoms with Crippen LogP contribution in [0.1, 0.15) is 19.4 Å². The first-order valence-corrected chi connectivity index (χ1v) is 6.07. The predicted octanol–water partition coefficient (Wildman–Crippen LogP) is 2.10. The highest BCUT2D eigenvalue weighted by Gasteiger charge is 2.51. The number of hydrogen-bond acceptors (Lipinski definition) is 3. The first-order valence-electron chi connectivity index (χ1n) is 6.07. The van der Waals surface area contributed by atoms with Gasteiger partial charge in [-0.2, -0.15) is 0 Å². The van der Waals surface area contributed by atoms with Gasteiger partial charge in [0, 0.05) is 5.54 Å². The molecule has 0 atom stereocenters. The molecule has 0 unspecified atom stereocenters. The number of ether oxygens (including phenoxy) is 2. The van der Waals surface area contributed by atoms with E-state index in [0.717, 1.165) is 5.56 Å². The van der Waals surface area contributed by atoms with Crippen molar-refractivity contribution in [3.05, 3.63) is 29.6 Å². The second kappa shape index (κ2) is 4.52. The molecule has 18 heavy (non-hydrogen) atoms. The Balaban J connectivity index is 2.43. The Labute approximate surface area is 107 Å². The van der Waals surface area contributed by atoms with Crippen molar-refractivity contribution >= 4 is 0 Å². The lowest BCUT2D eigenvalue weighted by molar-refractivity contribution is -0.0992. The monoisotopic (exact) mass is 253 g/mol. The van der Waals surface area contributed by atoms with Gasteiger partial charge in [-0.05, 0) is 38.6 Å². The molecule has 0 saturated carbocycles. The lowest BCUT2D eigenvalue weighted by atomic mass is 9.65. The molecule has 0 aliphatic carbocycles. The van der Waals surface area contributed by atoms with Crippen molar-refractivity contribution in [2.24, 2.45) is 0 Å².